The first kappa shape index (κ1) is 23.4. The minimum Gasteiger partial charge on any atom is -0.435 e. The molecular weight excluding hydrogens is 440 g/mol. The first-order valence-electron chi connectivity index (χ1n) is 11.1. The Labute approximate surface area is 197 Å². The Morgan fingerprint density at radius 2 is 1.76 bits per heavy atom. The number of anilines is 3. The quantitative estimate of drug-likeness (QED) is 0.520. The van der Waals surface area contributed by atoms with E-state index in [1.54, 1.807) is 36.5 Å². The molecule has 1 aliphatic rings. The van der Waals surface area contributed by atoms with Crippen LogP contribution in [0.3, 0.4) is 0 Å². The molecule has 9 heteroatoms. The molecule has 2 N–H and O–H groups in total. The molecular formula is C25H27F2N5O2. The van der Waals surface area contributed by atoms with Gasteiger partial charge in [0.05, 0.1) is 11.3 Å². The van der Waals surface area contributed by atoms with E-state index >= 15 is 0 Å². The van der Waals surface area contributed by atoms with Gasteiger partial charge in [-0.25, -0.2) is 4.98 Å². The van der Waals surface area contributed by atoms with Gasteiger partial charge in [-0.1, -0.05) is 18.2 Å². The molecule has 2 heterocycles. The third-order valence-corrected chi connectivity index (χ3v) is 5.62. The number of nitrogens with zero attached hydrogens (tertiary/aromatic N) is 3. The van der Waals surface area contributed by atoms with Crippen molar-refractivity contribution in [1.29, 1.82) is 0 Å². The fourth-order valence-corrected chi connectivity index (χ4v) is 3.69. The zero-order chi connectivity index (χ0) is 23.9. The number of likely N-dealkylation sites (N-methyl/N-ethyl adjacent to an activating group) is 1. The summed E-state index contributed by atoms with van der Waals surface area (Å²) in [5.41, 5.74) is 2.63. The number of nitrogens with one attached hydrogen (secondary N) is 2. The maximum Gasteiger partial charge on any atom is 0.387 e. The van der Waals surface area contributed by atoms with Gasteiger partial charge < -0.3 is 25.2 Å². The van der Waals surface area contributed by atoms with Gasteiger partial charge in [-0.15, -0.1) is 0 Å². The zero-order valence-electron chi connectivity index (χ0n) is 18.9. The molecule has 0 atom stereocenters. The number of hydrogen-bond donors (Lipinski definition) is 2. The number of alkyl halides is 2. The predicted molar refractivity (Wildman–Crippen MR) is 128 cm³/mol. The van der Waals surface area contributed by atoms with Gasteiger partial charge in [0.2, 0.25) is 0 Å². The number of pyridine rings is 1. The number of carbonyl (C=O) groups excluding carboxylic acids is 1. The molecule has 3 aromatic rings. The van der Waals surface area contributed by atoms with Crippen molar-refractivity contribution in [3.8, 4) is 5.75 Å². The van der Waals surface area contributed by atoms with Gasteiger partial charge in [0.15, 0.2) is 0 Å². The van der Waals surface area contributed by atoms with Crippen LogP contribution in [0.2, 0.25) is 0 Å². The van der Waals surface area contributed by atoms with Crippen LogP contribution in [0.25, 0.3) is 0 Å². The average Bonchev–Trinajstić information content (AvgIpc) is 2.85. The number of rotatable bonds is 8. The van der Waals surface area contributed by atoms with E-state index in [0.29, 0.717) is 23.5 Å². The molecule has 0 radical (unpaired) electrons. The van der Waals surface area contributed by atoms with Crippen molar-refractivity contribution in [1.82, 2.24) is 15.2 Å². The van der Waals surface area contributed by atoms with Crippen molar-refractivity contribution in [2.75, 3.05) is 43.4 Å². The fourth-order valence-electron chi connectivity index (χ4n) is 3.69. The lowest BCUT2D eigenvalue weighted by atomic mass is 10.1. The maximum absolute atomic E-state index is 12.9. The van der Waals surface area contributed by atoms with Crippen molar-refractivity contribution in [2.45, 2.75) is 13.2 Å². The largest absolute Gasteiger partial charge is 0.435 e. The number of benzene rings is 2. The number of para-hydroxylation sites is 1. The third kappa shape index (κ3) is 6.20. The van der Waals surface area contributed by atoms with E-state index in [9.17, 15) is 13.6 Å². The van der Waals surface area contributed by atoms with Gasteiger partial charge >= 0.3 is 6.61 Å². The van der Waals surface area contributed by atoms with Gasteiger partial charge in [0, 0.05) is 44.6 Å². The standard InChI is InChI=1S/C25H27F2N5O2/c1-31-12-14-32(15-13-31)23-11-6-18(16-28-23)17-29-24(33)21-4-2-3-5-22(21)30-19-7-9-20(10-8-19)34-25(26)27/h2-11,16,25,30H,12-15,17H2,1H3,(H,29,33). The van der Waals surface area contributed by atoms with Crippen LogP contribution in [0.4, 0.5) is 26.0 Å². The van der Waals surface area contributed by atoms with Crippen molar-refractivity contribution < 1.29 is 18.3 Å². The number of amides is 1. The Morgan fingerprint density at radius 1 is 1.03 bits per heavy atom. The summed E-state index contributed by atoms with van der Waals surface area (Å²) < 4.78 is 29.0. The van der Waals surface area contributed by atoms with Crippen LogP contribution < -0.4 is 20.3 Å². The average molecular weight is 468 g/mol. The number of halogens is 2. The number of carbonyl (C=O) groups is 1. The van der Waals surface area contributed by atoms with E-state index in [1.165, 1.54) is 12.1 Å². The summed E-state index contributed by atoms with van der Waals surface area (Å²) in [4.78, 5) is 22.0. The van der Waals surface area contributed by atoms with Crippen LogP contribution >= 0.6 is 0 Å². The molecule has 0 bridgehead atoms. The summed E-state index contributed by atoms with van der Waals surface area (Å²) in [5.74, 6) is 0.783. The van der Waals surface area contributed by atoms with Crippen LogP contribution in [0, 0.1) is 0 Å². The molecule has 0 saturated carbocycles. The smallest absolute Gasteiger partial charge is 0.387 e. The van der Waals surface area contributed by atoms with E-state index in [2.05, 4.69) is 37.2 Å². The molecule has 0 spiro atoms. The summed E-state index contributed by atoms with van der Waals surface area (Å²) in [5, 5.41) is 6.09. The molecule has 1 amide bonds. The molecule has 4 rings (SSSR count). The van der Waals surface area contributed by atoms with Crippen LogP contribution in [0.1, 0.15) is 15.9 Å². The fraction of sp³-hybridized carbons (Fsp3) is 0.280. The van der Waals surface area contributed by atoms with Crippen molar-refractivity contribution in [3.63, 3.8) is 0 Å². The monoisotopic (exact) mass is 467 g/mol. The second-order valence-corrected chi connectivity index (χ2v) is 8.07. The van der Waals surface area contributed by atoms with Crippen molar-refractivity contribution >= 4 is 23.1 Å². The van der Waals surface area contributed by atoms with E-state index in [-0.39, 0.29) is 11.7 Å². The molecule has 1 aliphatic heterocycles. The molecule has 1 saturated heterocycles. The maximum atomic E-state index is 12.9. The minimum absolute atomic E-state index is 0.0684. The first-order chi connectivity index (χ1) is 16.5. The third-order valence-electron chi connectivity index (χ3n) is 5.62. The Hall–Kier alpha value is -3.72. The molecule has 0 aliphatic carbocycles. The Bertz CT molecular complexity index is 1090. The van der Waals surface area contributed by atoms with Crippen LogP contribution in [-0.2, 0) is 6.54 Å². The lowest BCUT2D eigenvalue weighted by molar-refractivity contribution is -0.0498. The summed E-state index contributed by atoms with van der Waals surface area (Å²) >= 11 is 0. The Morgan fingerprint density at radius 3 is 2.44 bits per heavy atom. The summed E-state index contributed by atoms with van der Waals surface area (Å²) in [7, 11) is 2.12. The predicted octanol–water partition coefficient (Wildman–Crippen LogP) is 4.11. The first-order valence-corrected chi connectivity index (χ1v) is 11.1. The van der Waals surface area contributed by atoms with Crippen LogP contribution in [-0.4, -0.2) is 55.6 Å². The molecule has 2 aromatic carbocycles. The molecule has 1 aromatic heterocycles. The zero-order valence-corrected chi connectivity index (χ0v) is 18.9. The van der Waals surface area contributed by atoms with Gasteiger partial charge in [-0.05, 0) is 55.1 Å². The SMILES string of the molecule is CN1CCN(c2ccc(CNC(=O)c3ccccc3Nc3ccc(OC(F)F)cc3)cn2)CC1. The van der Waals surface area contributed by atoms with Crippen LogP contribution in [0.5, 0.6) is 5.75 Å². The van der Waals surface area contributed by atoms with Crippen molar-refractivity contribution in [2.24, 2.45) is 0 Å². The van der Waals surface area contributed by atoms with E-state index in [4.69, 9.17) is 0 Å². The highest BCUT2D eigenvalue weighted by Gasteiger charge is 2.15. The lowest BCUT2D eigenvalue weighted by Crippen LogP contribution is -2.44. The molecule has 0 unspecified atom stereocenters. The van der Waals surface area contributed by atoms with Gasteiger partial charge in [0.1, 0.15) is 11.6 Å². The van der Waals surface area contributed by atoms with Gasteiger partial charge in [-0.2, -0.15) is 8.78 Å². The van der Waals surface area contributed by atoms with E-state index < -0.39 is 6.61 Å². The van der Waals surface area contributed by atoms with Gasteiger partial charge in [0.25, 0.3) is 5.91 Å². The summed E-state index contributed by atoms with van der Waals surface area (Å²) in [6, 6.07) is 17.2. The number of piperazine rings is 1. The molecule has 34 heavy (non-hydrogen) atoms. The van der Waals surface area contributed by atoms with E-state index in [1.807, 2.05) is 18.2 Å². The topological polar surface area (TPSA) is 69.7 Å². The Balaban J connectivity index is 1.35. The highest BCUT2D eigenvalue weighted by molar-refractivity contribution is 6.00. The minimum atomic E-state index is -2.87. The highest BCUT2D eigenvalue weighted by atomic mass is 19.3. The molecule has 1 fully saturated rings. The van der Waals surface area contributed by atoms with Crippen molar-refractivity contribution in [3.05, 3.63) is 78.0 Å². The van der Waals surface area contributed by atoms with E-state index in [0.717, 1.165) is 37.6 Å². The highest BCUT2D eigenvalue weighted by Crippen LogP contribution is 2.24. The summed E-state index contributed by atoms with van der Waals surface area (Å²) in [6.45, 7) is 1.40. The van der Waals surface area contributed by atoms with Crippen LogP contribution in [0.15, 0.2) is 66.9 Å². The Kier molecular flexibility index (Phi) is 7.54. The lowest BCUT2D eigenvalue weighted by Gasteiger charge is -2.33. The molecule has 7 nitrogen and oxygen atoms in total. The van der Waals surface area contributed by atoms with Gasteiger partial charge in [-0.3, -0.25) is 4.79 Å². The summed E-state index contributed by atoms with van der Waals surface area (Å²) in [6.07, 6.45) is 1.79. The number of ether oxygens (including phenoxy) is 1. The normalized spacial score (nSPS) is 14.2. The second kappa shape index (κ2) is 10.9. The second-order valence-electron chi connectivity index (χ2n) is 8.07. The molecule has 178 valence electrons. The number of aromatic nitrogens is 1. The number of hydrogen-bond acceptors (Lipinski definition) is 6.